The fourth-order valence-corrected chi connectivity index (χ4v) is 11.0. The topological polar surface area (TPSA) is 78.9 Å². The van der Waals surface area contributed by atoms with E-state index in [0.29, 0.717) is 19.3 Å². The Morgan fingerprint density at radius 1 is 0.259 bits per heavy atom. The molecule has 0 fully saturated rings. The first-order chi connectivity index (χ1) is 40.0. The normalized spacial score (nSPS) is 12.3. The maximum absolute atomic E-state index is 12.9. The molecule has 0 aromatic carbocycles. The summed E-state index contributed by atoms with van der Waals surface area (Å²) in [7, 11) is 0. The molecule has 474 valence electrons. The molecule has 0 amide bonds. The van der Waals surface area contributed by atoms with Gasteiger partial charge in [-0.15, -0.1) is 0 Å². The van der Waals surface area contributed by atoms with Gasteiger partial charge in [0.1, 0.15) is 13.2 Å². The minimum absolute atomic E-state index is 0.0719. The van der Waals surface area contributed by atoms with E-state index < -0.39 is 6.10 Å². The van der Waals surface area contributed by atoms with Crippen LogP contribution >= 0.6 is 0 Å². The molecule has 6 nitrogen and oxygen atoms in total. The van der Waals surface area contributed by atoms with E-state index in [-0.39, 0.29) is 31.1 Å². The number of allylic oxidation sites excluding steroid dienone is 8. The van der Waals surface area contributed by atoms with Gasteiger partial charge >= 0.3 is 17.9 Å². The first kappa shape index (κ1) is 78.4. The minimum atomic E-state index is -0.774. The second-order valence-electron chi connectivity index (χ2n) is 24.5. The van der Waals surface area contributed by atoms with Gasteiger partial charge in [-0.2, -0.15) is 0 Å². The van der Waals surface area contributed by atoms with Crippen LogP contribution in [-0.2, 0) is 28.6 Å². The van der Waals surface area contributed by atoms with Gasteiger partial charge in [-0.1, -0.05) is 365 Å². The van der Waals surface area contributed by atoms with E-state index in [0.717, 1.165) is 89.9 Å². The van der Waals surface area contributed by atoms with Gasteiger partial charge in [0.25, 0.3) is 0 Å². The third-order valence-electron chi connectivity index (χ3n) is 16.3. The zero-order chi connectivity index (χ0) is 58.5. The highest BCUT2D eigenvalue weighted by Crippen LogP contribution is 2.19. The summed E-state index contributed by atoms with van der Waals surface area (Å²) in [4.78, 5) is 38.2. The molecule has 0 saturated heterocycles. The molecule has 0 heterocycles. The molecule has 0 rings (SSSR count). The molecule has 81 heavy (non-hydrogen) atoms. The van der Waals surface area contributed by atoms with Crippen molar-refractivity contribution < 1.29 is 28.6 Å². The lowest BCUT2D eigenvalue weighted by Gasteiger charge is -2.18. The molecule has 0 radical (unpaired) electrons. The highest BCUT2D eigenvalue weighted by atomic mass is 16.6. The van der Waals surface area contributed by atoms with Gasteiger partial charge in [-0.3, -0.25) is 14.4 Å². The zero-order valence-electron chi connectivity index (χ0n) is 54.6. The molecule has 0 aliphatic carbocycles. The Bertz CT molecular complexity index is 1400. The van der Waals surface area contributed by atoms with Gasteiger partial charge in [0, 0.05) is 19.3 Å². The van der Waals surface area contributed by atoms with Crippen molar-refractivity contribution in [1.29, 1.82) is 0 Å². The second-order valence-corrected chi connectivity index (χ2v) is 24.5. The van der Waals surface area contributed by atoms with Gasteiger partial charge in [-0.05, 0) is 57.8 Å². The SMILES string of the molecule is CC/C=C\C/C=C\C/C=C\C/C=C\CCCCCCCCCCC(=O)OC(COC(=O)CCCCCCCCCC)COC(=O)CCCCCCCCCCCCCCCCCCCCCCCCCCCCCCCCCCCC. The molecule has 0 aliphatic rings. The molecule has 0 bridgehead atoms. The summed E-state index contributed by atoms with van der Waals surface area (Å²) < 4.78 is 16.9. The average Bonchev–Trinajstić information content (AvgIpc) is 3.47. The summed E-state index contributed by atoms with van der Waals surface area (Å²) in [6.45, 7) is 6.55. The number of esters is 3. The third-order valence-corrected chi connectivity index (χ3v) is 16.3. The molecule has 0 spiro atoms. The summed E-state index contributed by atoms with van der Waals surface area (Å²) in [6.07, 6.45) is 89.0. The average molecular weight is 1140 g/mol. The number of ether oxygens (including phenoxy) is 3. The lowest BCUT2D eigenvalue weighted by Crippen LogP contribution is -2.30. The van der Waals surface area contributed by atoms with E-state index in [1.54, 1.807) is 0 Å². The van der Waals surface area contributed by atoms with Gasteiger partial charge in [0.15, 0.2) is 6.10 Å². The van der Waals surface area contributed by atoms with Crippen molar-refractivity contribution in [2.45, 2.75) is 399 Å². The van der Waals surface area contributed by atoms with E-state index in [9.17, 15) is 14.4 Å². The van der Waals surface area contributed by atoms with Crippen LogP contribution in [-0.4, -0.2) is 37.2 Å². The molecule has 0 aromatic heterocycles. The van der Waals surface area contributed by atoms with Crippen molar-refractivity contribution in [2.24, 2.45) is 0 Å². The second kappa shape index (κ2) is 69.9. The number of unbranched alkanes of at least 4 members (excludes halogenated alkanes) is 48. The highest BCUT2D eigenvalue weighted by Gasteiger charge is 2.19. The predicted octanol–water partition coefficient (Wildman–Crippen LogP) is 24.9. The summed E-state index contributed by atoms with van der Waals surface area (Å²) >= 11 is 0. The lowest BCUT2D eigenvalue weighted by atomic mass is 10.0. The quantitative estimate of drug-likeness (QED) is 0.0261. The zero-order valence-corrected chi connectivity index (χ0v) is 54.6. The molecular formula is C75H138O6. The Hall–Kier alpha value is -2.63. The van der Waals surface area contributed by atoms with Crippen molar-refractivity contribution in [3.05, 3.63) is 48.6 Å². The van der Waals surface area contributed by atoms with Crippen molar-refractivity contribution in [3.8, 4) is 0 Å². The molecular weight excluding hydrogens is 997 g/mol. The van der Waals surface area contributed by atoms with E-state index in [2.05, 4.69) is 69.4 Å². The first-order valence-electron chi connectivity index (χ1n) is 36.1. The number of carbonyl (C=O) groups excluding carboxylic acids is 3. The van der Waals surface area contributed by atoms with Crippen LogP contribution in [0.4, 0.5) is 0 Å². The van der Waals surface area contributed by atoms with Crippen LogP contribution in [0.5, 0.6) is 0 Å². The molecule has 0 saturated carbocycles. The summed E-state index contributed by atoms with van der Waals surface area (Å²) in [5, 5.41) is 0. The van der Waals surface area contributed by atoms with E-state index in [1.165, 1.54) is 263 Å². The van der Waals surface area contributed by atoms with Crippen molar-refractivity contribution in [1.82, 2.24) is 0 Å². The molecule has 1 unspecified atom stereocenters. The monoisotopic (exact) mass is 1140 g/mol. The van der Waals surface area contributed by atoms with Crippen LogP contribution in [0.25, 0.3) is 0 Å². The van der Waals surface area contributed by atoms with Gasteiger partial charge < -0.3 is 14.2 Å². The summed E-state index contributed by atoms with van der Waals surface area (Å²) in [5.41, 5.74) is 0. The molecule has 1 atom stereocenters. The fourth-order valence-electron chi connectivity index (χ4n) is 11.0. The van der Waals surface area contributed by atoms with Crippen LogP contribution in [0.3, 0.4) is 0 Å². The Labute approximate surface area is 505 Å². The van der Waals surface area contributed by atoms with Crippen molar-refractivity contribution in [2.75, 3.05) is 13.2 Å². The maximum atomic E-state index is 12.9. The number of carbonyl (C=O) groups is 3. The highest BCUT2D eigenvalue weighted by molar-refractivity contribution is 5.71. The van der Waals surface area contributed by atoms with Crippen molar-refractivity contribution >= 4 is 17.9 Å². The Kier molecular flexibility index (Phi) is 67.6. The number of rotatable bonds is 67. The Morgan fingerprint density at radius 3 is 0.753 bits per heavy atom. The number of hydrogen-bond donors (Lipinski definition) is 0. The van der Waals surface area contributed by atoms with Gasteiger partial charge in [0.2, 0.25) is 0 Å². The Balaban J connectivity index is 3.99. The fraction of sp³-hybridized carbons (Fsp3) is 0.853. The molecule has 0 N–H and O–H groups in total. The van der Waals surface area contributed by atoms with Crippen LogP contribution in [0.1, 0.15) is 393 Å². The maximum Gasteiger partial charge on any atom is 0.306 e. The smallest absolute Gasteiger partial charge is 0.306 e. The van der Waals surface area contributed by atoms with Crippen LogP contribution in [0.2, 0.25) is 0 Å². The van der Waals surface area contributed by atoms with Crippen LogP contribution in [0.15, 0.2) is 48.6 Å². The van der Waals surface area contributed by atoms with Crippen LogP contribution in [0, 0.1) is 0 Å². The standard InChI is InChI=1S/C75H138O6/c1-4-7-10-13-16-19-21-23-25-27-29-31-32-33-34-35-36-37-38-39-40-41-42-43-45-46-48-50-52-54-56-59-62-65-68-74(77)80-71-72(70-79-73(76)67-64-61-58-18-15-12-9-6-3)81-75(78)69-66-63-60-57-55-53-51-49-47-44-30-28-26-24-22-20-17-14-11-8-5-2/h8,11,17,20,24,26,30,44,72H,4-7,9-10,12-16,18-19,21-23,25,27-29,31-43,45-71H2,1-3H3/b11-8-,20-17-,26-24-,44-30-. The van der Waals surface area contributed by atoms with Gasteiger partial charge in [-0.25, -0.2) is 0 Å². The summed E-state index contributed by atoms with van der Waals surface area (Å²) in [6, 6.07) is 0. The van der Waals surface area contributed by atoms with Gasteiger partial charge in [0.05, 0.1) is 0 Å². The molecule has 6 heteroatoms. The third kappa shape index (κ3) is 68.0. The first-order valence-corrected chi connectivity index (χ1v) is 36.1. The largest absolute Gasteiger partial charge is 0.462 e. The van der Waals surface area contributed by atoms with Crippen LogP contribution < -0.4 is 0 Å². The molecule has 0 aliphatic heterocycles. The minimum Gasteiger partial charge on any atom is -0.462 e. The van der Waals surface area contributed by atoms with E-state index >= 15 is 0 Å². The Morgan fingerprint density at radius 2 is 0.481 bits per heavy atom. The lowest BCUT2D eigenvalue weighted by molar-refractivity contribution is -0.167. The molecule has 0 aromatic rings. The number of hydrogen-bond acceptors (Lipinski definition) is 6. The summed E-state index contributed by atoms with van der Waals surface area (Å²) in [5.74, 6) is -0.862. The van der Waals surface area contributed by atoms with Crippen molar-refractivity contribution in [3.63, 3.8) is 0 Å². The predicted molar refractivity (Wildman–Crippen MR) is 353 cm³/mol. The van der Waals surface area contributed by atoms with E-state index in [4.69, 9.17) is 14.2 Å². The van der Waals surface area contributed by atoms with E-state index in [1.807, 2.05) is 0 Å².